The number of rotatable bonds is 4. The van der Waals surface area contributed by atoms with Crippen molar-refractivity contribution in [3.63, 3.8) is 0 Å². The topological polar surface area (TPSA) is 49.3 Å². The average molecular weight is 296 g/mol. The van der Waals surface area contributed by atoms with E-state index in [1.165, 1.54) is 6.07 Å². The van der Waals surface area contributed by atoms with Gasteiger partial charge in [-0.2, -0.15) is 0 Å². The zero-order valence-electron chi connectivity index (χ0n) is 10.4. The van der Waals surface area contributed by atoms with Crippen LogP contribution in [0.3, 0.4) is 0 Å². The van der Waals surface area contributed by atoms with Gasteiger partial charge in [0.1, 0.15) is 0 Å². The number of hydrogen-bond acceptors (Lipinski definition) is 2. The predicted octanol–water partition coefficient (Wildman–Crippen LogP) is 3.55. The monoisotopic (exact) mass is 295 g/mol. The van der Waals surface area contributed by atoms with Crippen LogP contribution in [0.5, 0.6) is 0 Å². The summed E-state index contributed by atoms with van der Waals surface area (Å²) in [6.45, 7) is 0. The number of anilines is 1. The quantitative estimate of drug-likeness (QED) is 0.848. The van der Waals surface area contributed by atoms with Crippen molar-refractivity contribution in [3.05, 3.63) is 58.6 Å². The summed E-state index contributed by atoms with van der Waals surface area (Å²) in [7, 11) is 1.85. The van der Waals surface area contributed by atoms with Gasteiger partial charge in [0.2, 0.25) is 0 Å². The number of benzene rings is 2. The van der Waals surface area contributed by atoms with Gasteiger partial charge in [0.05, 0.1) is 4.90 Å². The molecule has 0 aliphatic carbocycles. The molecule has 0 radical (unpaired) electrons. The SMILES string of the molecule is CNc1ccccc1Cc1ccc(Cl)cc1S(=O)O. The summed E-state index contributed by atoms with van der Waals surface area (Å²) in [5, 5.41) is 3.57. The first kappa shape index (κ1) is 14.1. The lowest BCUT2D eigenvalue weighted by atomic mass is 10.0. The van der Waals surface area contributed by atoms with E-state index < -0.39 is 11.1 Å². The molecule has 0 amide bonds. The normalized spacial score (nSPS) is 12.2. The molecule has 1 atom stereocenters. The highest BCUT2D eigenvalue weighted by Crippen LogP contribution is 2.24. The first-order chi connectivity index (χ1) is 9.11. The van der Waals surface area contributed by atoms with Gasteiger partial charge in [-0.25, -0.2) is 4.21 Å². The van der Waals surface area contributed by atoms with Crippen molar-refractivity contribution in [3.8, 4) is 0 Å². The molecule has 0 saturated heterocycles. The molecule has 0 aliphatic heterocycles. The number of hydrogen-bond donors (Lipinski definition) is 2. The van der Waals surface area contributed by atoms with E-state index in [9.17, 15) is 8.76 Å². The average Bonchev–Trinajstić information content (AvgIpc) is 2.41. The Kier molecular flexibility index (Phi) is 4.58. The van der Waals surface area contributed by atoms with Gasteiger partial charge >= 0.3 is 0 Å². The van der Waals surface area contributed by atoms with Gasteiger partial charge in [0, 0.05) is 24.2 Å². The van der Waals surface area contributed by atoms with Gasteiger partial charge in [-0.1, -0.05) is 35.9 Å². The zero-order valence-corrected chi connectivity index (χ0v) is 12.0. The smallest absolute Gasteiger partial charge is 0.186 e. The lowest BCUT2D eigenvalue weighted by Crippen LogP contribution is -2.00. The molecule has 0 bridgehead atoms. The number of para-hydroxylation sites is 1. The fourth-order valence-electron chi connectivity index (χ4n) is 1.96. The minimum Gasteiger partial charge on any atom is -0.388 e. The Labute approximate surface area is 119 Å². The molecule has 100 valence electrons. The van der Waals surface area contributed by atoms with Crippen molar-refractivity contribution in [1.82, 2.24) is 0 Å². The van der Waals surface area contributed by atoms with E-state index >= 15 is 0 Å². The van der Waals surface area contributed by atoms with Crippen LogP contribution in [-0.4, -0.2) is 15.8 Å². The molecule has 0 aliphatic rings. The fraction of sp³-hybridized carbons (Fsp3) is 0.143. The molecule has 0 saturated carbocycles. The molecular weight excluding hydrogens is 282 g/mol. The molecule has 0 heterocycles. The highest BCUT2D eigenvalue weighted by atomic mass is 35.5. The van der Waals surface area contributed by atoms with Crippen LogP contribution < -0.4 is 5.32 Å². The Morgan fingerprint density at radius 1 is 1.21 bits per heavy atom. The summed E-state index contributed by atoms with van der Waals surface area (Å²) in [5.74, 6) is 0. The van der Waals surface area contributed by atoms with E-state index in [2.05, 4.69) is 5.32 Å². The summed E-state index contributed by atoms with van der Waals surface area (Å²) >= 11 is 3.83. The van der Waals surface area contributed by atoms with E-state index in [1.807, 2.05) is 31.3 Å². The molecule has 2 aromatic rings. The van der Waals surface area contributed by atoms with Gasteiger partial charge in [-0.15, -0.1) is 0 Å². The second-order valence-electron chi connectivity index (χ2n) is 4.09. The molecule has 2 aromatic carbocycles. The Bertz CT molecular complexity index is 616. The van der Waals surface area contributed by atoms with Crippen molar-refractivity contribution in [2.45, 2.75) is 11.3 Å². The lowest BCUT2D eigenvalue weighted by Gasteiger charge is -2.11. The molecule has 0 fully saturated rings. The van der Waals surface area contributed by atoms with Crippen LogP contribution in [0.1, 0.15) is 11.1 Å². The van der Waals surface area contributed by atoms with Crippen LogP contribution in [0, 0.1) is 0 Å². The third-order valence-electron chi connectivity index (χ3n) is 2.88. The first-order valence-corrected chi connectivity index (χ1v) is 7.25. The van der Waals surface area contributed by atoms with Gasteiger partial charge < -0.3 is 9.87 Å². The van der Waals surface area contributed by atoms with Crippen molar-refractivity contribution in [2.24, 2.45) is 0 Å². The molecule has 5 heteroatoms. The van der Waals surface area contributed by atoms with Gasteiger partial charge in [0.15, 0.2) is 11.1 Å². The molecule has 1 unspecified atom stereocenters. The zero-order chi connectivity index (χ0) is 13.8. The van der Waals surface area contributed by atoms with Crippen molar-refractivity contribution >= 4 is 28.4 Å². The summed E-state index contributed by atoms with van der Waals surface area (Å²) in [5.41, 5.74) is 2.87. The fourth-order valence-corrected chi connectivity index (χ4v) is 2.79. The maximum absolute atomic E-state index is 11.4. The summed E-state index contributed by atoms with van der Waals surface area (Å²) in [4.78, 5) is 0.360. The largest absolute Gasteiger partial charge is 0.388 e. The first-order valence-electron chi connectivity index (χ1n) is 5.76. The Hall–Kier alpha value is -1.36. The highest BCUT2D eigenvalue weighted by molar-refractivity contribution is 7.79. The Balaban J connectivity index is 2.41. The van der Waals surface area contributed by atoms with Gasteiger partial charge in [-0.3, -0.25) is 0 Å². The van der Waals surface area contributed by atoms with E-state index in [4.69, 9.17) is 11.6 Å². The molecule has 3 nitrogen and oxygen atoms in total. The molecular formula is C14H14ClNO2S. The molecule has 19 heavy (non-hydrogen) atoms. The Morgan fingerprint density at radius 2 is 1.95 bits per heavy atom. The van der Waals surface area contributed by atoms with E-state index in [0.29, 0.717) is 16.3 Å². The minimum atomic E-state index is -2.04. The van der Waals surface area contributed by atoms with Crippen LogP contribution in [-0.2, 0) is 17.5 Å². The van der Waals surface area contributed by atoms with Crippen LogP contribution >= 0.6 is 11.6 Å². The molecule has 2 rings (SSSR count). The van der Waals surface area contributed by atoms with Crippen molar-refractivity contribution in [2.75, 3.05) is 12.4 Å². The second kappa shape index (κ2) is 6.19. The summed E-state index contributed by atoms with van der Waals surface area (Å²) in [6.07, 6.45) is 0.579. The van der Waals surface area contributed by atoms with E-state index in [1.54, 1.807) is 12.1 Å². The molecule has 0 spiro atoms. The maximum Gasteiger partial charge on any atom is 0.186 e. The second-order valence-corrected chi connectivity index (χ2v) is 5.46. The van der Waals surface area contributed by atoms with E-state index in [0.717, 1.165) is 16.8 Å². The van der Waals surface area contributed by atoms with E-state index in [-0.39, 0.29) is 0 Å². The highest BCUT2D eigenvalue weighted by Gasteiger charge is 2.11. The third-order valence-corrected chi connectivity index (χ3v) is 3.88. The lowest BCUT2D eigenvalue weighted by molar-refractivity contribution is 0.563. The molecule has 0 aromatic heterocycles. The van der Waals surface area contributed by atoms with Crippen LogP contribution in [0.2, 0.25) is 5.02 Å². The van der Waals surface area contributed by atoms with Crippen LogP contribution in [0.25, 0.3) is 0 Å². The molecule has 2 N–H and O–H groups in total. The Morgan fingerprint density at radius 3 is 2.63 bits per heavy atom. The minimum absolute atomic E-state index is 0.360. The van der Waals surface area contributed by atoms with Gasteiger partial charge in [-0.05, 0) is 29.3 Å². The summed E-state index contributed by atoms with van der Waals surface area (Å²) in [6, 6.07) is 12.9. The number of halogens is 1. The maximum atomic E-state index is 11.4. The summed E-state index contributed by atoms with van der Waals surface area (Å²) < 4.78 is 20.7. The van der Waals surface area contributed by atoms with Gasteiger partial charge in [0.25, 0.3) is 0 Å². The standard InChI is InChI=1S/C14H14ClNO2S/c1-16-13-5-3-2-4-10(13)8-11-6-7-12(15)9-14(11)19(17)18/h2-7,9,16H,8H2,1H3,(H,17,18). The van der Waals surface area contributed by atoms with Crippen molar-refractivity contribution < 1.29 is 8.76 Å². The number of nitrogens with one attached hydrogen (secondary N) is 1. The van der Waals surface area contributed by atoms with Crippen molar-refractivity contribution in [1.29, 1.82) is 0 Å². The predicted molar refractivity (Wildman–Crippen MR) is 79.3 cm³/mol. The third kappa shape index (κ3) is 3.35. The van der Waals surface area contributed by atoms with Crippen LogP contribution in [0.4, 0.5) is 5.69 Å². The van der Waals surface area contributed by atoms with Crippen LogP contribution in [0.15, 0.2) is 47.4 Å².